The molecule has 7 heteroatoms. The molecular formula is C14H10Cl4N2O. The Morgan fingerprint density at radius 2 is 1.57 bits per heavy atom. The molecule has 21 heavy (non-hydrogen) atoms. The zero-order valence-corrected chi connectivity index (χ0v) is 13.6. The van der Waals surface area contributed by atoms with E-state index in [1.54, 1.807) is 18.2 Å². The van der Waals surface area contributed by atoms with E-state index in [0.29, 0.717) is 15.7 Å². The molecule has 0 spiro atoms. The third-order valence-corrected chi connectivity index (χ3v) is 4.08. The van der Waals surface area contributed by atoms with Crippen LogP contribution >= 0.6 is 46.4 Å². The van der Waals surface area contributed by atoms with Crippen LogP contribution in [0.5, 0.6) is 0 Å². The molecule has 0 atom stereocenters. The van der Waals surface area contributed by atoms with Crippen molar-refractivity contribution >= 4 is 63.7 Å². The van der Waals surface area contributed by atoms with Crippen molar-refractivity contribution in [2.75, 3.05) is 11.1 Å². The highest BCUT2D eigenvalue weighted by Crippen LogP contribution is 2.31. The summed E-state index contributed by atoms with van der Waals surface area (Å²) in [5, 5.41) is 4.11. The molecule has 0 aliphatic heterocycles. The number of nitrogens with one attached hydrogen (secondary N) is 1. The highest BCUT2D eigenvalue weighted by atomic mass is 35.5. The number of rotatable bonds is 3. The Kier molecular flexibility index (Phi) is 5.22. The van der Waals surface area contributed by atoms with Gasteiger partial charge in [0.05, 0.1) is 32.2 Å². The van der Waals surface area contributed by atoms with Gasteiger partial charge in [-0.1, -0.05) is 52.5 Å². The van der Waals surface area contributed by atoms with Crippen LogP contribution < -0.4 is 11.1 Å². The first-order valence-corrected chi connectivity index (χ1v) is 7.36. The monoisotopic (exact) mass is 362 g/mol. The van der Waals surface area contributed by atoms with Crippen LogP contribution in [-0.4, -0.2) is 5.91 Å². The number of anilines is 2. The van der Waals surface area contributed by atoms with Crippen molar-refractivity contribution in [3.8, 4) is 0 Å². The van der Waals surface area contributed by atoms with E-state index in [9.17, 15) is 4.79 Å². The summed E-state index contributed by atoms with van der Waals surface area (Å²) in [5.41, 5.74) is 7.13. The summed E-state index contributed by atoms with van der Waals surface area (Å²) < 4.78 is 0. The lowest BCUT2D eigenvalue weighted by atomic mass is 10.1. The van der Waals surface area contributed by atoms with Gasteiger partial charge < -0.3 is 11.1 Å². The van der Waals surface area contributed by atoms with E-state index in [0.717, 1.165) is 5.56 Å². The average Bonchev–Trinajstić information content (AvgIpc) is 2.40. The number of hydrogen-bond donors (Lipinski definition) is 2. The van der Waals surface area contributed by atoms with E-state index in [-0.39, 0.29) is 28.1 Å². The van der Waals surface area contributed by atoms with Crippen LogP contribution in [0, 0.1) is 0 Å². The smallest absolute Gasteiger partial charge is 0.228 e. The molecule has 2 aromatic rings. The molecule has 3 N–H and O–H groups in total. The number of hydrogen-bond acceptors (Lipinski definition) is 2. The number of carbonyl (C=O) groups is 1. The lowest BCUT2D eigenvalue weighted by molar-refractivity contribution is -0.115. The lowest BCUT2D eigenvalue weighted by Crippen LogP contribution is -2.14. The van der Waals surface area contributed by atoms with Crippen molar-refractivity contribution in [2.24, 2.45) is 0 Å². The molecule has 3 nitrogen and oxygen atoms in total. The third kappa shape index (κ3) is 4.17. The topological polar surface area (TPSA) is 55.1 Å². The van der Waals surface area contributed by atoms with Crippen LogP contribution in [0.3, 0.4) is 0 Å². The van der Waals surface area contributed by atoms with Crippen molar-refractivity contribution in [2.45, 2.75) is 6.42 Å². The summed E-state index contributed by atoms with van der Waals surface area (Å²) in [6.07, 6.45) is 0.149. The van der Waals surface area contributed by atoms with Crippen LogP contribution in [0.4, 0.5) is 11.4 Å². The quantitative estimate of drug-likeness (QED) is 0.748. The van der Waals surface area contributed by atoms with Gasteiger partial charge in [-0.05, 0) is 29.8 Å². The Hall–Kier alpha value is -1.13. The molecule has 0 unspecified atom stereocenters. The van der Waals surface area contributed by atoms with Crippen LogP contribution in [0.2, 0.25) is 20.1 Å². The number of carbonyl (C=O) groups excluding carboxylic acids is 1. The molecule has 110 valence electrons. The number of nitrogen functional groups attached to an aromatic ring is 1. The molecule has 1 amide bonds. The zero-order valence-electron chi connectivity index (χ0n) is 10.6. The van der Waals surface area contributed by atoms with Crippen molar-refractivity contribution in [1.82, 2.24) is 0 Å². The maximum Gasteiger partial charge on any atom is 0.228 e. The molecule has 2 rings (SSSR count). The molecule has 0 saturated carbocycles. The minimum atomic E-state index is -0.231. The Labute approximate surface area is 141 Å². The number of benzene rings is 2. The fourth-order valence-corrected chi connectivity index (χ4v) is 2.50. The van der Waals surface area contributed by atoms with Gasteiger partial charge in [0.15, 0.2) is 0 Å². The molecule has 0 aliphatic carbocycles. The van der Waals surface area contributed by atoms with Crippen LogP contribution in [0.15, 0.2) is 30.3 Å². The summed E-state index contributed by atoms with van der Waals surface area (Å²) in [4.78, 5) is 12.0. The summed E-state index contributed by atoms with van der Waals surface area (Å²) in [6.45, 7) is 0. The second kappa shape index (κ2) is 6.75. The first-order valence-electron chi connectivity index (χ1n) is 5.85. The standard InChI is InChI=1S/C14H10Cl4N2O/c15-9-2-1-7(3-10(9)16)4-13(21)20-8-5-11(17)14(19)12(18)6-8/h1-3,5-6H,4,19H2,(H,20,21). The van der Waals surface area contributed by atoms with Crippen molar-refractivity contribution in [3.05, 3.63) is 56.0 Å². The fourth-order valence-electron chi connectivity index (χ4n) is 1.70. The molecule has 0 radical (unpaired) electrons. The Balaban J connectivity index is 2.09. The maximum absolute atomic E-state index is 12.0. The predicted molar refractivity (Wildman–Crippen MR) is 89.7 cm³/mol. The normalized spacial score (nSPS) is 10.5. The Morgan fingerprint density at radius 3 is 2.14 bits per heavy atom. The van der Waals surface area contributed by atoms with E-state index >= 15 is 0 Å². The van der Waals surface area contributed by atoms with E-state index in [2.05, 4.69) is 5.32 Å². The van der Waals surface area contributed by atoms with E-state index in [1.165, 1.54) is 12.1 Å². The SMILES string of the molecule is Nc1c(Cl)cc(NC(=O)Cc2ccc(Cl)c(Cl)c2)cc1Cl. The molecule has 0 heterocycles. The van der Waals surface area contributed by atoms with Gasteiger partial charge in [0.1, 0.15) is 0 Å². The first kappa shape index (κ1) is 16.2. The van der Waals surface area contributed by atoms with E-state index in [1.807, 2.05) is 0 Å². The number of halogens is 4. The van der Waals surface area contributed by atoms with Gasteiger partial charge in [-0.3, -0.25) is 4.79 Å². The largest absolute Gasteiger partial charge is 0.396 e. The first-order chi connectivity index (χ1) is 9.86. The van der Waals surface area contributed by atoms with Crippen molar-refractivity contribution in [3.63, 3.8) is 0 Å². The van der Waals surface area contributed by atoms with Gasteiger partial charge in [-0.15, -0.1) is 0 Å². The van der Waals surface area contributed by atoms with Crippen molar-refractivity contribution in [1.29, 1.82) is 0 Å². The van der Waals surface area contributed by atoms with Gasteiger partial charge in [-0.2, -0.15) is 0 Å². The van der Waals surface area contributed by atoms with Gasteiger partial charge in [0.2, 0.25) is 5.91 Å². The Bertz CT molecular complexity index is 680. The minimum absolute atomic E-state index is 0.149. The van der Waals surface area contributed by atoms with Gasteiger partial charge in [0.25, 0.3) is 0 Å². The molecular weight excluding hydrogens is 354 g/mol. The lowest BCUT2D eigenvalue weighted by Gasteiger charge is -2.09. The minimum Gasteiger partial charge on any atom is -0.396 e. The molecule has 0 aliphatic rings. The van der Waals surface area contributed by atoms with E-state index in [4.69, 9.17) is 52.1 Å². The summed E-state index contributed by atoms with van der Waals surface area (Å²) in [7, 11) is 0. The van der Waals surface area contributed by atoms with Gasteiger partial charge in [-0.25, -0.2) is 0 Å². The third-order valence-electron chi connectivity index (χ3n) is 2.71. The summed E-state index contributed by atoms with van der Waals surface area (Å²) in [6, 6.07) is 8.09. The molecule has 0 fully saturated rings. The molecule has 2 aromatic carbocycles. The number of nitrogens with two attached hydrogens (primary N) is 1. The van der Waals surface area contributed by atoms with Gasteiger partial charge in [0, 0.05) is 5.69 Å². The van der Waals surface area contributed by atoms with Crippen LogP contribution in [-0.2, 0) is 11.2 Å². The highest BCUT2D eigenvalue weighted by Gasteiger charge is 2.09. The average molecular weight is 364 g/mol. The second-order valence-electron chi connectivity index (χ2n) is 4.33. The summed E-state index contributed by atoms with van der Waals surface area (Å²) >= 11 is 23.5. The summed E-state index contributed by atoms with van der Waals surface area (Å²) in [5.74, 6) is -0.231. The van der Waals surface area contributed by atoms with Crippen LogP contribution in [0.1, 0.15) is 5.56 Å². The fraction of sp³-hybridized carbons (Fsp3) is 0.0714. The number of amides is 1. The van der Waals surface area contributed by atoms with Gasteiger partial charge >= 0.3 is 0 Å². The maximum atomic E-state index is 12.0. The Morgan fingerprint density at radius 1 is 0.952 bits per heavy atom. The van der Waals surface area contributed by atoms with E-state index < -0.39 is 0 Å². The second-order valence-corrected chi connectivity index (χ2v) is 5.96. The predicted octanol–water partition coefficient (Wildman–Crippen LogP) is 5.06. The molecule has 0 saturated heterocycles. The molecule has 0 bridgehead atoms. The molecule has 0 aromatic heterocycles. The highest BCUT2D eigenvalue weighted by molar-refractivity contribution is 6.42. The zero-order chi connectivity index (χ0) is 15.6. The van der Waals surface area contributed by atoms with Crippen molar-refractivity contribution < 1.29 is 4.79 Å². The van der Waals surface area contributed by atoms with Crippen LogP contribution in [0.25, 0.3) is 0 Å².